The number of nitrogens with zero attached hydrogens (tertiary/aromatic N) is 3. The fourth-order valence-electron chi connectivity index (χ4n) is 2.35. The zero-order valence-electron chi connectivity index (χ0n) is 13.3. The van der Waals surface area contributed by atoms with Gasteiger partial charge in [0.1, 0.15) is 11.5 Å². The van der Waals surface area contributed by atoms with Crippen LogP contribution in [0.3, 0.4) is 0 Å². The highest BCUT2D eigenvalue weighted by atomic mass is 19.1. The molecular formula is C18H16FN5O. The van der Waals surface area contributed by atoms with Gasteiger partial charge in [0.15, 0.2) is 11.6 Å². The van der Waals surface area contributed by atoms with Crippen LogP contribution in [0.5, 0.6) is 0 Å². The maximum atomic E-state index is 13.6. The minimum absolute atomic E-state index is 0.0541. The first-order chi connectivity index (χ1) is 12.1. The minimum Gasteiger partial charge on any atom is -0.382 e. The molecule has 0 saturated carbocycles. The first-order valence-corrected chi connectivity index (χ1v) is 7.65. The van der Waals surface area contributed by atoms with Gasteiger partial charge in [-0.2, -0.15) is 0 Å². The van der Waals surface area contributed by atoms with E-state index < -0.39 is 5.82 Å². The monoisotopic (exact) mass is 337 g/mol. The Hall–Kier alpha value is -3.35. The third kappa shape index (κ3) is 4.14. The van der Waals surface area contributed by atoms with Crippen LogP contribution < -0.4 is 11.1 Å². The van der Waals surface area contributed by atoms with E-state index in [-0.39, 0.29) is 17.9 Å². The number of hydrogen-bond acceptors (Lipinski definition) is 6. The topological polar surface area (TPSA) is 93.8 Å². The molecule has 0 fully saturated rings. The van der Waals surface area contributed by atoms with Crippen LogP contribution in [-0.4, -0.2) is 20.7 Å². The Bertz CT molecular complexity index is 900. The van der Waals surface area contributed by atoms with E-state index in [1.165, 1.54) is 18.3 Å². The maximum Gasteiger partial charge on any atom is 0.188 e. The van der Waals surface area contributed by atoms with E-state index >= 15 is 0 Å². The van der Waals surface area contributed by atoms with Crippen LogP contribution in [0.4, 0.5) is 15.9 Å². The number of anilines is 2. The lowest BCUT2D eigenvalue weighted by molar-refractivity contribution is 0.0984. The van der Waals surface area contributed by atoms with E-state index in [1.807, 2.05) is 6.07 Å². The SMILES string of the molecule is Nc1ncccc1NCc1cc(CC(=O)c2ncccc2F)ccn1. The van der Waals surface area contributed by atoms with Crippen LogP contribution in [-0.2, 0) is 13.0 Å². The largest absolute Gasteiger partial charge is 0.382 e. The van der Waals surface area contributed by atoms with Crippen LogP contribution in [0.2, 0.25) is 0 Å². The molecule has 25 heavy (non-hydrogen) atoms. The van der Waals surface area contributed by atoms with Crippen molar-refractivity contribution in [3.63, 3.8) is 0 Å². The molecule has 0 aliphatic carbocycles. The summed E-state index contributed by atoms with van der Waals surface area (Å²) in [5, 5.41) is 3.14. The molecule has 3 aromatic heterocycles. The third-order valence-electron chi connectivity index (χ3n) is 3.57. The standard InChI is InChI=1S/C18H16FN5O/c19-14-3-1-6-22-17(14)16(25)10-12-5-8-21-13(9-12)11-24-15-4-2-7-23-18(15)20/h1-9,24H,10-11H2,(H2,20,23). The van der Waals surface area contributed by atoms with Gasteiger partial charge in [0.25, 0.3) is 0 Å². The molecule has 0 saturated heterocycles. The van der Waals surface area contributed by atoms with Gasteiger partial charge in [0.2, 0.25) is 0 Å². The number of Topliss-reactive ketones (excluding diaryl/α,β-unsaturated/α-hetero) is 1. The smallest absolute Gasteiger partial charge is 0.188 e. The molecule has 0 radical (unpaired) electrons. The lowest BCUT2D eigenvalue weighted by atomic mass is 10.1. The second-order valence-electron chi connectivity index (χ2n) is 5.38. The molecule has 126 valence electrons. The predicted molar refractivity (Wildman–Crippen MR) is 92.4 cm³/mol. The summed E-state index contributed by atoms with van der Waals surface area (Å²) in [7, 11) is 0. The van der Waals surface area contributed by atoms with Crippen molar-refractivity contribution < 1.29 is 9.18 Å². The summed E-state index contributed by atoms with van der Waals surface area (Å²) in [6, 6.07) is 9.79. The molecule has 0 aliphatic rings. The molecule has 0 spiro atoms. The van der Waals surface area contributed by atoms with E-state index in [9.17, 15) is 9.18 Å². The van der Waals surface area contributed by atoms with Gasteiger partial charge in [-0.25, -0.2) is 9.37 Å². The van der Waals surface area contributed by atoms with Gasteiger partial charge >= 0.3 is 0 Å². The van der Waals surface area contributed by atoms with Crippen molar-refractivity contribution in [1.29, 1.82) is 0 Å². The predicted octanol–water partition coefficient (Wildman–Crippen LogP) is 2.63. The number of nitrogens with one attached hydrogen (secondary N) is 1. The number of hydrogen-bond donors (Lipinski definition) is 2. The van der Waals surface area contributed by atoms with E-state index in [4.69, 9.17) is 5.73 Å². The average Bonchev–Trinajstić information content (AvgIpc) is 2.62. The summed E-state index contributed by atoms with van der Waals surface area (Å²) in [5.41, 5.74) is 7.81. The van der Waals surface area contributed by atoms with E-state index in [1.54, 1.807) is 30.6 Å². The number of nitrogen functional groups attached to an aromatic ring is 1. The Morgan fingerprint density at radius 2 is 1.88 bits per heavy atom. The number of pyridine rings is 3. The minimum atomic E-state index is -0.615. The fourth-order valence-corrected chi connectivity index (χ4v) is 2.35. The number of ketones is 1. The molecule has 6 nitrogen and oxygen atoms in total. The Morgan fingerprint density at radius 1 is 1.08 bits per heavy atom. The van der Waals surface area contributed by atoms with E-state index in [0.29, 0.717) is 18.1 Å². The first kappa shape index (κ1) is 16.5. The second kappa shape index (κ2) is 7.48. The molecule has 0 bridgehead atoms. The molecule has 0 aliphatic heterocycles. The Kier molecular flexibility index (Phi) is 4.94. The zero-order chi connectivity index (χ0) is 17.6. The van der Waals surface area contributed by atoms with Crippen molar-refractivity contribution >= 4 is 17.3 Å². The van der Waals surface area contributed by atoms with Crippen molar-refractivity contribution in [1.82, 2.24) is 15.0 Å². The molecule has 3 heterocycles. The number of halogens is 1. The quantitative estimate of drug-likeness (QED) is 0.672. The first-order valence-electron chi connectivity index (χ1n) is 7.65. The van der Waals surface area contributed by atoms with Gasteiger partial charge in [-0.05, 0) is 42.0 Å². The van der Waals surface area contributed by atoms with E-state index in [2.05, 4.69) is 20.3 Å². The molecule has 0 amide bonds. The Balaban J connectivity index is 1.68. The molecule has 3 rings (SSSR count). The second-order valence-corrected chi connectivity index (χ2v) is 5.38. The molecule has 7 heteroatoms. The summed E-state index contributed by atoms with van der Waals surface area (Å²) in [6.45, 7) is 0.426. The number of aromatic nitrogens is 3. The lowest BCUT2D eigenvalue weighted by Gasteiger charge is -2.09. The number of nitrogens with two attached hydrogens (primary N) is 1. The van der Waals surface area contributed by atoms with Crippen molar-refractivity contribution in [3.8, 4) is 0 Å². The Morgan fingerprint density at radius 3 is 2.68 bits per heavy atom. The number of carbonyl (C=O) groups excluding carboxylic acids is 1. The van der Waals surface area contributed by atoms with Crippen molar-refractivity contribution in [3.05, 3.63) is 77.8 Å². The molecule has 0 atom stereocenters. The Labute approximate surface area is 144 Å². The van der Waals surface area contributed by atoms with Crippen molar-refractivity contribution in [2.45, 2.75) is 13.0 Å². The van der Waals surface area contributed by atoms with Crippen LogP contribution in [0.15, 0.2) is 55.0 Å². The molecule has 3 N–H and O–H groups in total. The molecular weight excluding hydrogens is 321 g/mol. The van der Waals surface area contributed by atoms with Crippen LogP contribution in [0, 0.1) is 5.82 Å². The van der Waals surface area contributed by atoms with E-state index in [0.717, 1.165) is 11.3 Å². The summed E-state index contributed by atoms with van der Waals surface area (Å²) < 4.78 is 13.6. The van der Waals surface area contributed by atoms with Crippen LogP contribution >= 0.6 is 0 Å². The van der Waals surface area contributed by atoms with Gasteiger partial charge in [0, 0.05) is 25.0 Å². The summed E-state index contributed by atoms with van der Waals surface area (Å²) >= 11 is 0. The maximum absolute atomic E-state index is 13.6. The fraction of sp³-hybridized carbons (Fsp3) is 0.111. The van der Waals surface area contributed by atoms with Gasteiger partial charge in [0.05, 0.1) is 17.9 Å². The van der Waals surface area contributed by atoms with Crippen molar-refractivity contribution in [2.24, 2.45) is 0 Å². The highest BCUT2D eigenvalue weighted by Crippen LogP contribution is 2.15. The zero-order valence-corrected chi connectivity index (χ0v) is 13.3. The highest BCUT2D eigenvalue weighted by Gasteiger charge is 2.13. The van der Waals surface area contributed by atoms with Gasteiger partial charge < -0.3 is 11.1 Å². The molecule has 0 aromatic carbocycles. The molecule has 3 aromatic rings. The molecule has 0 unspecified atom stereocenters. The normalized spacial score (nSPS) is 10.4. The number of carbonyl (C=O) groups is 1. The van der Waals surface area contributed by atoms with Crippen LogP contribution in [0.25, 0.3) is 0 Å². The average molecular weight is 337 g/mol. The highest BCUT2D eigenvalue weighted by molar-refractivity contribution is 5.95. The summed E-state index contributed by atoms with van der Waals surface area (Å²) in [6.07, 6.45) is 4.68. The van der Waals surface area contributed by atoms with Gasteiger partial charge in [-0.1, -0.05) is 0 Å². The number of rotatable bonds is 6. The van der Waals surface area contributed by atoms with Crippen molar-refractivity contribution in [2.75, 3.05) is 11.1 Å². The summed E-state index contributed by atoms with van der Waals surface area (Å²) in [4.78, 5) is 24.3. The third-order valence-corrected chi connectivity index (χ3v) is 3.57. The summed E-state index contributed by atoms with van der Waals surface area (Å²) in [5.74, 6) is -0.588. The van der Waals surface area contributed by atoms with Gasteiger partial charge in [-0.15, -0.1) is 0 Å². The van der Waals surface area contributed by atoms with Crippen LogP contribution in [0.1, 0.15) is 21.7 Å². The van der Waals surface area contributed by atoms with Gasteiger partial charge in [-0.3, -0.25) is 14.8 Å². The lowest BCUT2D eigenvalue weighted by Crippen LogP contribution is -2.10.